The summed E-state index contributed by atoms with van der Waals surface area (Å²) in [5, 5.41) is 12.5. The smallest absolute Gasteiger partial charge is 0.257 e. The molecule has 0 heterocycles. The number of carbonyl (C=O) groups is 1. The van der Waals surface area contributed by atoms with Gasteiger partial charge in [-0.05, 0) is 30.9 Å². The molecule has 0 aromatic heterocycles. The Balaban J connectivity index is 2.21. The Bertz CT molecular complexity index is 440. The van der Waals surface area contributed by atoms with Crippen molar-refractivity contribution in [1.82, 2.24) is 5.32 Å². The minimum atomic E-state index is -0.187. The highest BCUT2D eigenvalue weighted by Crippen LogP contribution is 2.26. The van der Waals surface area contributed by atoms with Gasteiger partial charge in [-0.1, -0.05) is 30.1 Å². The van der Waals surface area contributed by atoms with Gasteiger partial charge in [0.25, 0.3) is 5.91 Å². The zero-order valence-electron chi connectivity index (χ0n) is 11.4. The minimum Gasteiger partial charge on any atom is -0.484 e. The zero-order valence-corrected chi connectivity index (χ0v) is 12.9. The average Bonchev–Trinajstić information content (AvgIpc) is 2.44. The van der Waals surface area contributed by atoms with Crippen molar-refractivity contribution >= 4 is 29.1 Å². The van der Waals surface area contributed by atoms with E-state index in [1.807, 2.05) is 6.92 Å². The predicted molar refractivity (Wildman–Crippen MR) is 80.5 cm³/mol. The minimum absolute atomic E-state index is 0.0620. The van der Waals surface area contributed by atoms with E-state index in [4.69, 9.17) is 33.0 Å². The third kappa shape index (κ3) is 6.46. The number of hydrogen-bond acceptors (Lipinski definition) is 3. The third-order valence-electron chi connectivity index (χ3n) is 2.77. The fraction of sp³-hybridized carbons (Fsp3) is 0.500. The normalized spacial score (nSPS) is 12.0. The fourth-order valence-corrected chi connectivity index (χ4v) is 1.82. The van der Waals surface area contributed by atoms with Crippen LogP contribution in [-0.2, 0) is 4.79 Å². The Morgan fingerprint density at radius 3 is 2.80 bits per heavy atom. The molecule has 20 heavy (non-hydrogen) atoms. The molecule has 6 heteroatoms. The number of nitrogens with one attached hydrogen (secondary N) is 1. The van der Waals surface area contributed by atoms with E-state index in [1.54, 1.807) is 18.2 Å². The molecule has 1 amide bonds. The fourth-order valence-electron chi connectivity index (χ4n) is 1.54. The molecular formula is C14H19Cl2NO3. The lowest BCUT2D eigenvalue weighted by Gasteiger charge is -2.09. The first-order valence-electron chi connectivity index (χ1n) is 6.48. The number of hydrogen-bond donors (Lipinski definition) is 2. The summed E-state index contributed by atoms with van der Waals surface area (Å²) in [6.07, 6.45) is 1.71. The number of amides is 1. The predicted octanol–water partition coefficient (Wildman–Crippen LogP) is 2.90. The van der Waals surface area contributed by atoms with Gasteiger partial charge < -0.3 is 15.2 Å². The highest BCUT2D eigenvalue weighted by molar-refractivity contribution is 6.42. The number of aliphatic hydroxyl groups is 1. The van der Waals surface area contributed by atoms with Gasteiger partial charge in [0.1, 0.15) is 5.75 Å². The van der Waals surface area contributed by atoms with Crippen LogP contribution in [0.15, 0.2) is 18.2 Å². The van der Waals surface area contributed by atoms with E-state index in [-0.39, 0.29) is 25.0 Å². The van der Waals surface area contributed by atoms with Crippen molar-refractivity contribution in [2.24, 2.45) is 5.92 Å². The molecule has 4 nitrogen and oxygen atoms in total. The second-order valence-corrected chi connectivity index (χ2v) is 5.46. The Kier molecular flexibility index (Phi) is 7.73. The molecule has 0 radical (unpaired) electrons. The van der Waals surface area contributed by atoms with Crippen LogP contribution in [0.2, 0.25) is 10.0 Å². The second-order valence-electron chi connectivity index (χ2n) is 4.64. The van der Waals surface area contributed by atoms with Crippen molar-refractivity contribution in [2.75, 3.05) is 19.8 Å². The lowest BCUT2D eigenvalue weighted by molar-refractivity contribution is -0.123. The van der Waals surface area contributed by atoms with Crippen LogP contribution in [0.3, 0.4) is 0 Å². The molecular weight excluding hydrogens is 301 g/mol. The standard InChI is InChI=1S/C14H19Cl2NO3/c1-10(8-18)3-2-6-17-14(19)9-20-11-4-5-12(15)13(16)7-11/h4-5,7,10,18H,2-3,6,8-9H2,1H3,(H,17,19). The largest absolute Gasteiger partial charge is 0.484 e. The molecule has 2 N–H and O–H groups in total. The molecule has 0 saturated carbocycles. The number of ether oxygens (including phenoxy) is 1. The maximum atomic E-state index is 11.5. The van der Waals surface area contributed by atoms with Gasteiger partial charge in [-0.3, -0.25) is 4.79 Å². The van der Waals surface area contributed by atoms with Crippen LogP contribution >= 0.6 is 23.2 Å². The molecule has 1 unspecified atom stereocenters. The third-order valence-corrected chi connectivity index (χ3v) is 3.51. The Morgan fingerprint density at radius 1 is 1.40 bits per heavy atom. The van der Waals surface area contributed by atoms with Crippen LogP contribution in [0.25, 0.3) is 0 Å². The first-order valence-corrected chi connectivity index (χ1v) is 7.24. The lowest BCUT2D eigenvalue weighted by atomic mass is 10.1. The summed E-state index contributed by atoms with van der Waals surface area (Å²) in [6, 6.07) is 4.85. The highest BCUT2D eigenvalue weighted by Gasteiger charge is 2.05. The van der Waals surface area contributed by atoms with Gasteiger partial charge in [0, 0.05) is 19.2 Å². The van der Waals surface area contributed by atoms with Crippen LogP contribution < -0.4 is 10.1 Å². The summed E-state index contributed by atoms with van der Waals surface area (Å²) in [4.78, 5) is 11.5. The SMILES string of the molecule is CC(CO)CCCNC(=O)COc1ccc(Cl)c(Cl)c1. The van der Waals surface area contributed by atoms with Crippen LogP contribution in [0.1, 0.15) is 19.8 Å². The molecule has 0 aliphatic heterocycles. The summed E-state index contributed by atoms with van der Waals surface area (Å²) in [5.41, 5.74) is 0. The summed E-state index contributed by atoms with van der Waals surface area (Å²) in [5.74, 6) is 0.579. The number of carbonyl (C=O) groups excluding carboxylic acids is 1. The molecule has 1 rings (SSSR count). The monoisotopic (exact) mass is 319 g/mol. The first kappa shape index (κ1) is 17.1. The van der Waals surface area contributed by atoms with Crippen LogP contribution in [0.5, 0.6) is 5.75 Å². The van der Waals surface area contributed by atoms with Gasteiger partial charge in [-0.2, -0.15) is 0 Å². The van der Waals surface area contributed by atoms with Crippen molar-refractivity contribution in [3.05, 3.63) is 28.2 Å². The molecule has 0 aliphatic carbocycles. The van der Waals surface area contributed by atoms with Crippen molar-refractivity contribution in [2.45, 2.75) is 19.8 Å². The summed E-state index contributed by atoms with van der Waals surface area (Å²) < 4.78 is 5.31. The summed E-state index contributed by atoms with van der Waals surface area (Å²) in [7, 11) is 0. The molecule has 0 fully saturated rings. The summed E-state index contributed by atoms with van der Waals surface area (Å²) in [6.45, 7) is 2.66. The van der Waals surface area contributed by atoms with E-state index >= 15 is 0 Å². The summed E-state index contributed by atoms with van der Waals surface area (Å²) >= 11 is 11.6. The second kappa shape index (κ2) is 9.06. The van der Waals surface area contributed by atoms with Crippen molar-refractivity contribution < 1.29 is 14.6 Å². The first-order chi connectivity index (χ1) is 9.52. The number of benzene rings is 1. The van der Waals surface area contributed by atoms with Gasteiger partial charge in [-0.15, -0.1) is 0 Å². The molecule has 0 bridgehead atoms. The molecule has 112 valence electrons. The maximum absolute atomic E-state index is 11.5. The van der Waals surface area contributed by atoms with Crippen molar-refractivity contribution in [3.63, 3.8) is 0 Å². The van der Waals surface area contributed by atoms with E-state index in [0.717, 1.165) is 12.8 Å². The molecule has 0 aliphatic rings. The Hall–Kier alpha value is -0.970. The molecule has 1 atom stereocenters. The average molecular weight is 320 g/mol. The molecule has 0 saturated heterocycles. The van der Waals surface area contributed by atoms with E-state index in [9.17, 15) is 4.79 Å². The van der Waals surface area contributed by atoms with Crippen LogP contribution in [0.4, 0.5) is 0 Å². The van der Waals surface area contributed by atoms with Crippen molar-refractivity contribution in [1.29, 1.82) is 0 Å². The van der Waals surface area contributed by atoms with E-state index in [2.05, 4.69) is 5.32 Å². The Labute approximate surface area is 129 Å². The van der Waals surface area contributed by atoms with Gasteiger partial charge in [0.05, 0.1) is 10.0 Å². The van der Waals surface area contributed by atoms with Crippen LogP contribution in [0, 0.1) is 5.92 Å². The lowest BCUT2D eigenvalue weighted by Crippen LogP contribution is -2.29. The number of rotatable bonds is 8. The van der Waals surface area contributed by atoms with Gasteiger partial charge in [0.2, 0.25) is 0 Å². The molecule has 0 spiro atoms. The van der Waals surface area contributed by atoms with Gasteiger partial charge in [0.15, 0.2) is 6.61 Å². The topological polar surface area (TPSA) is 58.6 Å². The van der Waals surface area contributed by atoms with E-state index in [1.165, 1.54) is 0 Å². The quantitative estimate of drug-likeness (QED) is 0.724. The molecule has 1 aromatic rings. The van der Waals surface area contributed by atoms with E-state index in [0.29, 0.717) is 22.3 Å². The van der Waals surface area contributed by atoms with Crippen molar-refractivity contribution in [3.8, 4) is 5.75 Å². The van der Waals surface area contributed by atoms with Gasteiger partial charge >= 0.3 is 0 Å². The number of aliphatic hydroxyl groups excluding tert-OH is 1. The number of halogens is 2. The van der Waals surface area contributed by atoms with Gasteiger partial charge in [-0.25, -0.2) is 0 Å². The zero-order chi connectivity index (χ0) is 15.0. The maximum Gasteiger partial charge on any atom is 0.257 e. The Morgan fingerprint density at radius 2 is 2.15 bits per heavy atom. The van der Waals surface area contributed by atoms with E-state index < -0.39 is 0 Å². The molecule has 1 aromatic carbocycles. The highest BCUT2D eigenvalue weighted by atomic mass is 35.5. The van der Waals surface area contributed by atoms with Crippen LogP contribution in [-0.4, -0.2) is 30.8 Å².